The molecule has 0 rings (SSSR count). The highest BCUT2D eigenvalue weighted by molar-refractivity contribution is 5.71. The molecular weight excluding hydrogens is 997 g/mol. The maximum Gasteiger partial charge on any atom is 0.306 e. The van der Waals surface area contributed by atoms with Gasteiger partial charge in [-0.05, 0) is 148 Å². The summed E-state index contributed by atoms with van der Waals surface area (Å²) < 4.78 is 16.9. The molecule has 0 N–H and O–H groups in total. The summed E-state index contributed by atoms with van der Waals surface area (Å²) in [6.45, 7) is 6.37. The molecule has 0 saturated heterocycles. The van der Waals surface area contributed by atoms with Crippen molar-refractivity contribution in [2.45, 2.75) is 284 Å². The normalized spacial score (nSPS) is 13.2. The minimum atomic E-state index is -0.811. The molecule has 0 radical (unpaired) electrons. The Morgan fingerprint density at radius 3 is 0.778 bits per heavy atom. The average Bonchev–Trinajstić information content (AvgIpc) is 3.47. The first-order chi connectivity index (χ1) is 40.0. The van der Waals surface area contributed by atoms with E-state index in [0.717, 1.165) is 167 Å². The van der Waals surface area contributed by atoms with E-state index in [1.54, 1.807) is 0 Å². The van der Waals surface area contributed by atoms with Crippen LogP contribution in [0.5, 0.6) is 0 Å². The van der Waals surface area contributed by atoms with Gasteiger partial charge in [-0.2, -0.15) is 0 Å². The Bertz CT molecular complexity index is 1810. The highest BCUT2D eigenvalue weighted by atomic mass is 16.6. The molecule has 456 valence electrons. The SMILES string of the molecule is CC/C=C\C/C=C\C/C=C\C/C=C\C/C=C\C/C=C\C/C=C\CCCCCC(=O)OCC(COC(=O)CCCCCCC/C=C\CCCCCCCC)OC(=O)CCCCCCCCC/C=C\C/C=C\C/C=C\C/C=C\C/C=C\CC. The van der Waals surface area contributed by atoms with Crippen LogP contribution in [0.4, 0.5) is 0 Å². The first kappa shape index (κ1) is 76.0. The van der Waals surface area contributed by atoms with Crippen molar-refractivity contribution in [1.29, 1.82) is 0 Å². The molecule has 0 aromatic carbocycles. The second-order valence-electron chi connectivity index (χ2n) is 21.3. The molecule has 0 saturated carbocycles. The summed E-state index contributed by atoms with van der Waals surface area (Å²) in [6.07, 6.45) is 98.1. The van der Waals surface area contributed by atoms with Gasteiger partial charge in [-0.3, -0.25) is 14.4 Å². The fourth-order valence-corrected chi connectivity index (χ4v) is 8.62. The van der Waals surface area contributed by atoms with Crippen LogP contribution in [0, 0.1) is 0 Å². The maximum atomic E-state index is 12.9. The Balaban J connectivity index is 4.50. The predicted molar refractivity (Wildman–Crippen MR) is 352 cm³/mol. The van der Waals surface area contributed by atoms with E-state index in [9.17, 15) is 14.4 Å². The van der Waals surface area contributed by atoms with Gasteiger partial charge in [0.05, 0.1) is 0 Å². The molecule has 0 aromatic rings. The minimum Gasteiger partial charge on any atom is -0.462 e. The lowest BCUT2D eigenvalue weighted by Gasteiger charge is -2.18. The Hall–Kier alpha value is -4.97. The van der Waals surface area contributed by atoms with Gasteiger partial charge in [0.1, 0.15) is 13.2 Å². The van der Waals surface area contributed by atoms with Crippen LogP contribution in [-0.2, 0) is 28.6 Å². The molecule has 0 aliphatic heterocycles. The fraction of sp³-hybridized carbons (Fsp3) is 0.613. The molecule has 81 heavy (non-hydrogen) atoms. The lowest BCUT2D eigenvalue weighted by Crippen LogP contribution is -2.30. The van der Waals surface area contributed by atoms with Gasteiger partial charge in [0.2, 0.25) is 0 Å². The zero-order chi connectivity index (χ0) is 58.5. The van der Waals surface area contributed by atoms with Crippen molar-refractivity contribution in [3.63, 3.8) is 0 Å². The molecule has 1 atom stereocenters. The lowest BCUT2D eigenvalue weighted by molar-refractivity contribution is -0.167. The van der Waals surface area contributed by atoms with Crippen molar-refractivity contribution >= 4 is 17.9 Å². The summed E-state index contributed by atoms with van der Waals surface area (Å²) in [4.78, 5) is 38.4. The van der Waals surface area contributed by atoms with Crippen LogP contribution in [-0.4, -0.2) is 37.2 Å². The second kappa shape index (κ2) is 67.5. The Kier molecular flexibility index (Phi) is 63.4. The van der Waals surface area contributed by atoms with Crippen LogP contribution in [0.2, 0.25) is 0 Å². The van der Waals surface area contributed by atoms with Gasteiger partial charge in [-0.25, -0.2) is 0 Å². The quantitative estimate of drug-likeness (QED) is 0.0261. The molecule has 0 bridgehead atoms. The van der Waals surface area contributed by atoms with Gasteiger partial charge in [0.15, 0.2) is 6.10 Å². The molecule has 0 aliphatic carbocycles. The molecule has 0 amide bonds. The molecule has 0 spiro atoms. The fourth-order valence-electron chi connectivity index (χ4n) is 8.62. The van der Waals surface area contributed by atoms with Crippen molar-refractivity contribution in [3.8, 4) is 0 Å². The monoisotopic (exact) mass is 1120 g/mol. The topological polar surface area (TPSA) is 78.9 Å². The number of allylic oxidation sites excluding steroid dienone is 26. The van der Waals surface area contributed by atoms with Crippen LogP contribution < -0.4 is 0 Å². The molecule has 1 unspecified atom stereocenters. The van der Waals surface area contributed by atoms with Crippen LogP contribution in [0.25, 0.3) is 0 Å². The van der Waals surface area contributed by atoms with Crippen LogP contribution >= 0.6 is 0 Å². The number of esters is 3. The van der Waals surface area contributed by atoms with E-state index in [1.165, 1.54) is 70.6 Å². The van der Waals surface area contributed by atoms with E-state index in [-0.39, 0.29) is 31.1 Å². The first-order valence-corrected chi connectivity index (χ1v) is 33.0. The van der Waals surface area contributed by atoms with Crippen LogP contribution in [0.3, 0.4) is 0 Å². The van der Waals surface area contributed by atoms with Gasteiger partial charge < -0.3 is 14.2 Å². The van der Waals surface area contributed by atoms with Crippen molar-refractivity contribution in [1.82, 2.24) is 0 Å². The summed E-state index contributed by atoms with van der Waals surface area (Å²) in [5, 5.41) is 0. The third kappa shape index (κ3) is 65.7. The predicted octanol–water partition coefficient (Wildman–Crippen LogP) is 22.9. The largest absolute Gasteiger partial charge is 0.462 e. The Morgan fingerprint density at radius 1 is 0.259 bits per heavy atom. The summed E-state index contributed by atoms with van der Waals surface area (Å²) in [5.41, 5.74) is 0. The number of carbonyl (C=O) groups excluding carboxylic acids is 3. The summed E-state index contributed by atoms with van der Waals surface area (Å²) in [6, 6.07) is 0. The van der Waals surface area contributed by atoms with Crippen molar-refractivity contribution in [2.24, 2.45) is 0 Å². The zero-order valence-electron chi connectivity index (χ0n) is 52.2. The smallest absolute Gasteiger partial charge is 0.306 e. The standard InChI is InChI=1S/C75H120O6/c1-4-7-10-13-16-19-22-25-28-30-32-34-36-37-39-40-42-44-47-50-53-56-59-62-65-68-74(77)80-71-72(70-79-73(76)67-64-61-58-55-52-49-46-27-24-21-18-15-12-9-6-3)81-75(78)69-66-63-60-57-54-51-48-45-43-41-38-35-33-31-29-26-23-20-17-14-11-8-5-2/h7-8,10-11,16-17,19-20,25-29,32-35,37,39,41-44,46,50,53,72H,4-6,9,12-15,18,21-24,30-31,36,38,40,45,47-49,51-52,54-71H2,1-3H3/b10-7-,11-8-,19-16-,20-17-,28-25-,29-26-,34-32-,35-33-,39-37-,43-41-,44-42-,46-27-,53-50-. The number of ether oxygens (including phenoxy) is 3. The number of carbonyl (C=O) groups is 3. The van der Waals surface area contributed by atoms with Crippen molar-refractivity contribution < 1.29 is 28.6 Å². The average molecular weight is 1120 g/mol. The molecule has 0 aliphatic rings. The van der Waals surface area contributed by atoms with E-state index in [4.69, 9.17) is 14.2 Å². The number of unbranched alkanes of at least 4 members (excludes halogenated alkanes) is 21. The molecule has 0 fully saturated rings. The third-order valence-corrected chi connectivity index (χ3v) is 13.5. The Labute approximate surface area is 499 Å². The van der Waals surface area contributed by atoms with E-state index < -0.39 is 6.10 Å². The highest BCUT2D eigenvalue weighted by Crippen LogP contribution is 2.14. The van der Waals surface area contributed by atoms with Crippen LogP contribution in [0.15, 0.2) is 158 Å². The third-order valence-electron chi connectivity index (χ3n) is 13.5. The van der Waals surface area contributed by atoms with Gasteiger partial charge >= 0.3 is 17.9 Å². The van der Waals surface area contributed by atoms with Gasteiger partial charge in [0, 0.05) is 19.3 Å². The maximum absolute atomic E-state index is 12.9. The van der Waals surface area contributed by atoms with E-state index in [1.807, 2.05) is 0 Å². The molecule has 6 heteroatoms. The Morgan fingerprint density at radius 2 is 0.481 bits per heavy atom. The first-order valence-electron chi connectivity index (χ1n) is 33.0. The summed E-state index contributed by atoms with van der Waals surface area (Å²) in [5.74, 6) is -0.957. The van der Waals surface area contributed by atoms with E-state index >= 15 is 0 Å². The van der Waals surface area contributed by atoms with Gasteiger partial charge in [-0.15, -0.1) is 0 Å². The van der Waals surface area contributed by atoms with E-state index in [2.05, 4.69) is 179 Å². The minimum absolute atomic E-state index is 0.104. The number of hydrogen-bond donors (Lipinski definition) is 0. The molecule has 6 nitrogen and oxygen atoms in total. The number of rotatable bonds is 58. The number of hydrogen-bond acceptors (Lipinski definition) is 6. The highest BCUT2D eigenvalue weighted by Gasteiger charge is 2.19. The second-order valence-corrected chi connectivity index (χ2v) is 21.3. The molecular formula is C75H120O6. The van der Waals surface area contributed by atoms with Gasteiger partial charge in [-0.1, -0.05) is 269 Å². The molecule has 0 aromatic heterocycles. The summed E-state index contributed by atoms with van der Waals surface area (Å²) in [7, 11) is 0. The summed E-state index contributed by atoms with van der Waals surface area (Å²) >= 11 is 0. The zero-order valence-corrected chi connectivity index (χ0v) is 52.2. The lowest BCUT2D eigenvalue weighted by atomic mass is 10.1. The van der Waals surface area contributed by atoms with E-state index in [0.29, 0.717) is 19.3 Å². The van der Waals surface area contributed by atoms with Crippen molar-refractivity contribution in [3.05, 3.63) is 158 Å². The molecule has 0 heterocycles. The van der Waals surface area contributed by atoms with Crippen LogP contribution in [0.1, 0.15) is 278 Å². The van der Waals surface area contributed by atoms with Crippen molar-refractivity contribution in [2.75, 3.05) is 13.2 Å². The van der Waals surface area contributed by atoms with Gasteiger partial charge in [0.25, 0.3) is 0 Å².